The van der Waals surface area contributed by atoms with Crippen LogP contribution in [0.2, 0.25) is 5.02 Å². The summed E-state index contributed by atoms with van der Waals surface area (Å²) in [6.45, 7) is 2.21. The zero-order chi connectivity index (χ0) is 24.5. The van der Waals surface area contributed by atoms with Crippen LogP contribution in [0.15, 0.2) is 47.6 Å². The highest BCUT2D eigenvalue weighted by atomic mass is 35.5. The summed E-state index contributed by atoms with van der Waals surface area (Å²) in [7, 11) is -2.98. The van der Waals surface area contributed by atoms with Crippen LogP contribution >= 0.6 is 11.6 Å². The van der Waals surface area contributed by atoms with Crippen LogP contribution in [0, 0.1) is 6.92 Å². The number of anilines is 1. The average Bonchev–Trinajstić information content (AvgIpc) is 3.28. The summed E-state index contributed by atoms with van der Waals surface area (Å²) in [5, 5.41) is 3.05. The molecule has 180 valence electrons. The first-order valence-corrected chi connectivity index (χ1v) is 12.2. The quantitative estimate of drug-likeness (QED) is 0.504. The minimum absolute atomic E-state index is 0.00458. The van der Waals surface area contributed by atoms with E-state index in [1.165, 1.54) is 30.6 Å². The minimum Gasteiger partial charge on any atom is -0.464 e. The molecular formula is C22H22ClFN4O5S. The molecule has 0 amide bonds. The normalized spacial score (nSPS) is 18.5. The molecule has 1 N–H and O–H groups in total. The fourth-order valence-electron chi connectivity index (χ4n) is 3.52. The van der Waals surface area contributed by atoms with Gasteiger partial charge in [0.1, 0.15) is 11.9 Å². The van der Waals surface area contributed by atoms with Crippen molar-refractivity contribution >= 4 is 33.5 Å². The molecule has 4 rings (SSSR count). The third-order valence-electron chi connectivity index (χ3n) is 5.38. The first kappa shape index (κ1) is 24.1. The monoisotopic (exact) mass is 508 g/mol. The Kier molecular flexibility index (Phi) is 6.87. The van der Waals surface area contributed by atoms with Gasteiger partial charge in [0.25, 0.3) is 10.0 Å². The summed E-state index contributed by atoms with van der Waals surface area (Å²) in [4.78, 5) is 20.9. The number of aromatic nitrogens is 3. The molecule has 3 aromatic rings. The second kappa shape index (κ2) is 9.69. The van der Waals surface area contributed by atoms with Gasteiger partial charge in [-0.1, -0.05) is 29.3 Å². The van der Waals surface area contributed by atoms with Gasteiger partial charge in [-0.3, -0.25) is 0 Å². The standard InChI is InChI=1S/C22H22ClFN4O5S/c1-13-3-5-15(6-4-13)34(30,31)28-11-14(9-19(28)21(29)32-2)20-16(23)10-25-22(27-20)26-18-7-8-33-12-17(18)24/h3-6,9-11,17-18H,7-8,12H2,1-2H3,(H,25,26,27)/t17-,18+/m1/s1. The van der Waals surface area contributed by atoms with Gasteiger partial charge in [-0.25, -0.2) is 31.5 Å². The van der Waals surface area contributed by atoms with Crippen LogP contribution in [0.4, 0.5) is 10.3 Å². The maximum absolute atomic E-state index is 14.1. The van der Waals surface area contributed by atoms with Crippen LogP contribution in [0.5, 0.6) is 0 Å². The van der Waals surface area contributed by atoms with E-state index in [-0.39, 0.29) is 39.4 Å². The van der Waals surface area contributed by atoms with E-state index in [9.17, 15) is 17.6 Å². The molecular weight excluding hydrogens is 487 g/mol. The van der Waals surface area contributed by atoms with Crippen molar-refractivity contribution in [2.24, 2.45) is 0 Å². The van der Waals surface area contributed by atoms with Crippen molar-refractivity contribution < 1.29 is 27.1 Å². The second-order valence-corrected chi connectivity index (χ2v) is 9.96. The van der Waals surface area contributed by atoms with E-state index in [2.05, 4.69) is 15.3 Å². The van der Waals surface area contributed by atoms with E-state index in [1.54, 1.807) is 12.1 Å². The van der Waals surface area contributed by atoms with Gasteiger partial charge in [-0.2, -0.15) is 0 Å². The van der Waals surface area contributed by atoms with Crippen LogP contribution in [-0.2, 0) is 19.5 Å². The number of hydrogen-bond donors (Lipinski definition) is 1. The highest BCUT2D eigenvalue weighted by Crippen LogP contribution is 2.31. The molecule has 1 aromatic carbocycles. The molecule has 1 saturated heterocycles. The number of carbonyl (C=O) groups is 1. The van der Waals surface area contributed by atoms with Gasteiger partial charge in [0.05, 0.1) is 41.6 Å². The molecule has 3 heterocycles. The van der Waals surface area contributed by atoms with E-state index < -0.39 is 28.2 Å². The Labute approximate surface area is 200 Å². The Balaban J connectivity index is 1.76. The number of nitrogens with zero attached hydrogens (tertiary/aromatic N) is 3. The number of hydrogen-bond acceptors (Lipinski definition) is 8. The first-order valence-electron chi connectivity index (χ1n) is 10.3. The number of alkyl halides is 1. The van der Waals surface area contributed by atoms with E-state index in [1.807, 2.05) is 6.92 Å². The largest absolute Gasteiger partial charge is 0.464 e. The van der Waals surface area contributed by atoms with Gasteiger partial charge < -0.3 is 14.8 Å². The number of carbonyl (C=O) groups excluding carboxylic acids is 1. The van der Waals surface area contributed by atoms with Crippen molar-refractivity contribution in [1.82, 2.24) is 13.9 Å². The number of halogens is 2. The lowest BCUT2D eigenvalue weighted by Crippen LogP contribution is -2.39. The highest BCUT2D eigenvalue weighted by Gasteiger charge is 2.28. The van der Waals surface area contributed by atoms with E-state index in [4.69, 9.17) is 21.1 Å². The van der Waals surface area contributed by atoms with Crippen LogP contribution < -0.4 is 5.32 Å². The van der Waals surface area contributed by atoms with Crippen molar-refractivity contribution in [2.45, 2.75) is 30.5 Å². The third-order valence-corrected chi connectivity index (χ3v) is 7.34. The van der Waals surface area contributed by atoms with E-state index in [0.29, 0.717) is 13.0 Å². The summed E-state index contributed by atoms with van der Waals surface area (Å²) in [5.74, 6) is -0.740. The van der Waals surface area contributed by atoms with E-state index >= 15 is 0 Å². The van der Waals surface area contributed by atoms with Crippen LogP contribution in [0.1, 0.15) is 22.5 Å². The summed E-state index contributed by atoms with van der Waals surface area (Å²) < 4.78 is 51.5. The predicted octanol–water partition coefficient (Wildman–Crippen LogP) is 3.47. The number of nitrogens with one attached hydrogen (secondary N) is 1. The molecule has 0 unspecified atom stereocenters. The second-order valence-electron chi connectivity index (χ2n) is 7.74. The van der Waals surface area contributed by atoms with Gasteiger partial charge in [0.2, 0.25) is 5.95 Å². The Morgan fingerprint density at radius 1 is 1.32 bits per heavy atom. The molecule has 9 nitrogen and oxygen atoms in total. The number of aryl methyl sites for hydroxylation is 1. The van der Waals surface area contributed by atoms with Crippen molar-refractivity contribution in [2.75, 3.05) is 25.6 Å². The zero-order valence-electron chi connectivity index (χ0n) is 18.4. The maximum atomic E-state index is 14.1. The van der Waals surface area contributed by atoms with Crippen molar-refractivity contribution in [3.05, 3.63) is 59.0 Å². The molecule has 0 bridgehead atoms. The fraction of sp³-hybridized carbons (Fsp3) is 0.318. The molecule has 0 radical (unpaired) electrons. The molecule has 1 aliphatic rings. The maximum Gasteiger partial charge on any atom is 0.355 e. The van der Waals surface area contributed by atoms with Gasteiger partial charge >= 0.3 is 5.97 Å². The molecule has 1 fully saturated rings. The summed E-state index contributed by atoms with van der Waals surface area (Å²) in [6.07, 6.45) is 1.76. The molecule has 2 aromatic heterocycles. The van der Waals surface area contributed by atoms with Crippen molar-refractivity contribution in [3.63, 3.8) is 0 Å². The molecule has 12 heteroatoms. The number of ether oxygens (including phenoxy) is 2. The Bertz CT molecular complexity index is 1310. The number of benzene rings is 1. The third kappa shape index (κ3) is 4.77. The van der Waals surface area contributed by atoms with Crippen LogP contribution in [0.3, 0.4) is 0 Å². The average molecular weight is 509 g/mol. The van der Waals surface area contributed by atoms with Gasteiger partial charge in [-0.05, 0) is 31.5 Å². The SMILES string of the molecule is COC(=O)c1cc(-c2nc(N[C@H]3CCOC[C@H]3F)ncc2Cl)cn1S(=O)(=O)c1ccc(C)cc1. The van der Waals surface area contributed by atoms with Gasteiger partial charge in [0.15, 0.2) is 0 Å². The Hall–Kier alpha value is -3.02. The Morgan fingerprint density at radius 2 is 2.06 bits per heavy atom. The first-order chi connectivity index (χ1) is 16.2. The minimum atomic E-state index is -4.13. The summed E-state index contributed by atoms with van der Waals surface area (Å²) in [5.41, 5.74) is 1.07. The molecule has 0 aliphatic carbocycles. The van der Waals surface area contributed by atoms with Gasteiger partial charge in [-0.15, -0.1) is 0 Å². The van der Waals surface area contributed by atoms with Crippen LogP contribution in [0.25, 0.3) is 11.3 Å². The molecule has 0 saturated carbocycles. The number of rotatable bonds is 6. The molecule has 2 atom stereocenters. The van der Waals surface area contributed by atoms with E-state index in [0.717, 1.165) is 16.6 Å². The lowest BCUT2D eigenvalue weighted by molar-refractivity contribution is 0.0284. The number of methoxy groups -OCH3 is 1. The predicted molar refractivity (Wildman–Crippen MR) is 123 cm³/mol. The molecule has 34 heavy (non-hydrogen) atoms. The molecule has 1 aliphatic heterocycles. The van der Waals surface area contributed by atoms with Crippen LogP contribution in [-0.4, -0.2) is 60.9 Å². The topological polar surface area (TPSA) is 112 Å². The highest BCUT2D eigenvalue weighted by molar-refractivity contribution is 7.90. The lowest BCUT2D eigenvalue weighted by Gasteiger charge is -2.26. The summed E-state index contributed by atoms with van der Waals surface area (Å²) >= 11 is 6.30. The van der Waals surface area contributed by atoms with Gasteiger partial charge in [0, 0.05) is 18.4 Å². The zero-order valence-corrected chi connectivity index (χ0v) is 19.9. The Morgan fingerprint density at radius 3 is 2.74 bits per heavy atom. The fourth-order valence-corrected chi connectivity index (χ4v) is 5.07. The van der Waals surface area contributed by atoms with Crippen molar-refractivity contribution in [1.29, 1.82) is 0 Å². The number of esters is 1. The van der Waals surface area contributed by atoms with Crippen molar-refractivity contribution in [3.8, 4) is 11.3 Å². The summed E-state index contributed by atoms with van der Waals surface area (Å²) in [6, 6.07) is 6.99. The smallest absolute Gasteiger partial charge is 0.355 e. The molecule has 0 spiro atoms. The lowest BCUT2D eigenvalue weighted by atomic mass is 10.1.